The molecule has 0 amide bonds. The van der Waals surface area contributed by atoms with Gasteiger partial charge in [-0.25, -0.2) is 20.2 Å². The second kappa shape index (κ2) is 6.62. The number of nitrogens with zero attached hydrogens (tertiary/aromatic N) is 2. The van der Waals surface area contributed by atoms with Crippen molar-refractivity contribution in [1.29, 1.82) is 0 Å². The second-order valence-corrected chi connectivity index (χ2v) is 5.05. The van der Waals surface area contributed by atoms with Crippen LogP contribution < -0.4 is 16.6 Å². The molecule has 4 N–H and O–H groups in total. The minimum Gasteiger partial charge on any atom is -0.339 e. The Kier molecular flexibility index (Phi) is 4.86. The van der Waals surface area contributed by atoms with E-state index in [4.69, 9.17) is 5.84 Å². The van der Waals surface area contributed by atoms with E-state index < -0.39 is 0 Å². The van der Waals surface area contributed by atoms with Crippen molar-refractivity contribution in [3.8, 4) is 0 Å². The molecule has 0 fully saturated rings. The van der Waals surface area contributed by atoms with Crippen LogP contribution in [0.1, 0.15) is 18.9 Å². The number of hydrogen-bond donors (Lipinski definition) is 3. The molecule has 0 saturated carbocycles. The lowest BCUT2D eigenvalue weighted by atomic mass is 10.1. The van der Waals surface area contributed by atoms with E-state index in [1.54, 1.807) is 6.07 Å². The summed E-state index contributed by atoms with van der Waals surface area (Å²) in [7, 11) is 0. The zero-order chi connectivity index (χ0) is 14.5. The number of hydrogen-bond acceptors (Lipinski definition) is 5. The molecule has 1 aromatic carbocycles. The van der Waals surface area contributed by atoms with E-state index in [1.165, 1.54) is 18.5 Å². The summed E-state index contributed by atoms with van der Waals surface area (Å²) in [6.45, 7) is 2.06. The van der Waals surface area contributed by atoms with Gasteiger partial charge in [0, 0.05) is 10.0 Å². The average Bonchev–Trinajstić information content (AvgIpc) is 2.43. The fourth-order valence-corrected chi connectivity index (χ4v) is 2.30. The van der Waals surface area contributed by atoms with Crippen LogP contribution in [0.15, 0.2) is 29.0 Å². The van der Waals surface area contributed by atoms with E-state index in [1.807, 2.05) is 0 Å². The fourth-order valence-electron chi connectivity index (χ4n) is 1.85. The number of anilines is 3. The molecule has 106 valence electrons. The highest BCUT2D eigenvalue weighted by Crippen LogP contribution is 2.29. The van der Waals surface area contributed by atoms with Crippen LogP contribution in [0.4, 0.5) is 21.7 Å². The summed E-state index contributed by atoms with van der Waals surface area (Å²) in [6, 6.07) is 4.42. The third kappa shape index (κ3) is 3.23. The van der Waals surface area contributed by atoms with Crippen LogP contribution in [-0.2, 0) is 6.42 Å². The highest BCUT2D eigenvalue weighted by Gasteiger charge is 2.11. The maximum absolute atomic E-state index is 13.1. The molecule has 20 heavy (non-hydrogen) atoms. The van der Waals surface area contributed by atoms with Gasteiger partial charge < -0.3 is 10.7 Å². The highest BCUT2D eigenvalue weighted by atomic mass is 79.9. The third-order valence-electron chi connectivity index (χ3n) is 2.77. The van der Waals surface area contributed by atoms with Gasteiger partial charge in [0.05, 0.1) is 5.69 Å². The van der Waals surface area contributed by atoms with E-state index in [0.29, 0.717) is 16.1 Å². The van der Waals surface area contributed by atoms with Crippen LogP contribution in [0, 0.1) is 5.82 Å². The van der Waals surface area contributed by atoms with Crippen LogP contribution in [0.5, 0.6) is 0 Å². The molecule has 1 aromatic heterocycles. The summed E-state index contributed by atoms with van der Waals surface area (Å²) in [6.07, 6.45) is 3.14. The summed E-state index contributed by atoms with van der Waals surface area (Å²) >= 11 is 3.32. The molecule has 0 aliphatic carbocycles. The molecule has 0 saturated heterocycles. The summed E-state index contributed by atoms with van der Waals surface area (Å²) in [4.78, 5) is 8.33. The van der Waals surface area contributed by atoms with Crippen LogP contribution in [0.2, 0.25) is 0 Å². The van der Waals surface area contributed by atoms with Gasteiger partial charge in [0.2, 0.25) is 0 Å². The molecule has 5 nitrogen and oxygen atoms in total. The van der Waals surface area contributed by atoms with Crippen molar-refractivity contribution < 1.29 is 4.39 Å². The van der Waals surface area contributed by atoms with Crippen molar-refractivity contribution in [2.45, 2.75) is 19.8 Å². The lowest BCUT2D eigenvalue weighted by Gasteiger charge is -2.14. The first-order valence-electron chi connectivity index (χ1n) is 6.18. The van der Waals surface area contributed by atoms with Gasteiger partial charge in [0.15, 0.2) is 0 Å². The van der Waals surface area contributed by atoms with Gasteiger partial charge in [-0.3, -0.25) is 0 Å². The van der Waals surface area contributed by atoms with E-state index in [2.05, 4.69) is 43.6 Å². The molecule has 7 heteroatoms. The Morgan fingerprint density at radius 1 is 1.30 bits per heavy atom. The number of rotatable bonds is 5. The minimum atomic E-state index is -0.303. The van der Waals surface area contributed by atoms with Crippen molar-refractivity contribution in [2.75, 3.05) is 10.7 Å². The third-order valence-corrected chi connectivity index (χ3v) is 3.42. The van der Waals surface area contributed by atoms with Crippen molar-refractivity contribution >= 4 is 33.3 Å². The highest BCUT2D eigenvalue weighted by molar-refractivity contribution is 9.10. The number of nitrogen functional groups attached to an aromatic ring is 1. The molecule has 0 aliphatic rings. The molecule has 0 unspecified atom stereocenters. The Labute approximate surface area is 124 Å². The average molecular weight is 340 g/mol. The summed E-state index contributed by atoms with van der Waals surface area (Å²) in [5.41, 5.74) is 4.19. The first-order valence-corrected chi connectivity index (χ1v) is 6.97. The minimum absolute atomic E-state index is 0.303. The number of nitrogens with two attached hydrogens (primary N) is 1. The predicted octanol–water partition coefficient (Wildman–Crippen LogP) is 3.36. The Hall–Kier alpha value is -1.73. The van der Waals surface area contributed by atoms with E-state index in [0.717, 1.165) is 24.1 Å². The quantitative estimate of drug-likeness (QED) is 0.575. The van der Waals surface area contributed by atoms with Crippen LogP contribution >= 0.6 is 15.9 Å². The van der Waals surface area contributed by atoms with Crippen molar-refractivity contribution in [3.63, 3.8) is 0 Å². The lowest BCUT2D eigenvalue weighted by Crippen LogP contribution is -2.13. The van der Waals surface area contributed by atoms with Crippen LogP contribution in [0.25, 0.3) is 0 Å². The number of hydrazine groups is 1. The number of aromatic nitrogens is 2. The Balaban J connectivity index is 2.37. The number of halogens is 2. The second-order valence-electron chi connectivity index (χ2n) is 4.19. The Morgan fingerprint density at radius 2 is 2.05 bits per heavy atom. The number of nitrogens with one attached hydrogen (secondary N) is 2. The molecule has 0 spiro atoms. The number of benzene rings is 1. The van der Waals surface area contributed by atoms with E-state index >= 15 is 0 Å². The first-order chi connectivity index (χ1) is 9.65. The monoisotopic (exact) mass is 339 g/mol. The van der Waals surface area contributed by atoms with Gasteiger partial charge in [-0.1, -0.05) is 13.3 Å². The standard InChI is InChI=1S/C13H15BrFN5/c1-2-3-9-12(17-7-18-13(9)20-16)19-11-5-4-8(15)6-10(11)14/h4-7H,2-3,16H2,1H3,(H2,17,18,19,20). The predicted molar refractivity (Wildman–Crippen MR) is 81.2 cm³/mol. The van der Waals surface area contributed by atoms with Crippen LogP contribution in [0.3, 0.4) is 0 Å². The van der Waals surface area contributed by atoms with Crippen LogP contribution in [-0.4, -0.2) is 9.97 Å². The summed E-state index contributed by atoms with van der Waals surface area (Å²) in [5.74, 6) is 6.40. The van der Waals surface area contributed by atoms with Gasteiger partial charge in [0.25, 0.3) is 0 Å². The summed E-state index contributed by atoms with van der Waals surface area (Å²) < 4.78 is 13.7. The largest absolute Gasteiger partial charge is 0.339 e. The van der Waals surface area contributed by atoms with Crippen molar-refractivity contribution in [2.24, 2.45) is 5.84 Å². The molecule has 2 rings (SSSR count). The fraction of sp³-hybridized carbons (Fsp3) is 0.231. The molecule has 0 bridgehead atoms. The normalized spacial score (nSPS) is 10.4. The lowest BCUT2D eigenvalue weighted by molar-refractivity contribution is 0.627. The Morgan fingerprint density at radius 3 is 2.70 bits per heavy atom. The smallest absolute Gasteiger partial charge is 0.148 e. The van der Waals surface area contributed by atoms with Gasteiger partial charge in [-0.05, 0) is 40.5 Å². The van der Waals surface area contributed by atoms with Gasteiger partial charge >= 0.3 is 0 Å². The Bertz CT molecular complexity index is 605. The topological polar surface area (TPSA) is 75.9 Å². The van der Waals surface area contributed by atoms with Crippen molar-refractivity contribution in [3.05, 3.63) is 40.4 Å². The van der Waals surface area contributed by atoms with Gasteiger partial charge in [0.1, 0.15) is 23.8 Å². The summed E-state index contributed by atoms with van der Waals surface area (Å²) in [5, 5.41) is 3.17. The maximum atomic E-state index is 13.1. The van der Waals surface area contributed by atoms with E-state index in [-0.39, 0.29) is 5.82 Å². The molecule has 0 atom stereocenters. The molecule has 2 aromatic rings. The molecular weight excluding hydrogens is 325 g/mol. The zero-order valence-electron chi connectivity index (χ0n) is 11.0. The SMILES string of the molecule is CCCc1c(NN)ncnc1Nc1ccc(F)cc1Br. The van der Waals surface area contributed by atoms with Crippen molar-refractivity contribution in [1.82, 2.24) is 9.97 Å². The van der Waals surface area contributed by atoms with Gasteiger partial charge in [-0.2, -0.15) is 0 Å². The maximum Gasteiger partial charge on any atom is 0.148 e. The first kappa shape index (κ1) is 14.7. The molecule has 0 aliphatic heterocycles. The zero-order valence-corrected chi connectivity index (χ0v) is 12.5. The molecular formula is C13H15BrFN5. The van der Waals surface area contributed by atoms with Gasteiger partial charge in [-0.15, -0.1) is 0 Å². The molecule has 1 heterocycles. The van der Waals surface area contributed by atoms with E-state index in [9.17, 15) is 4.39 Å². The molecule has 0 radical (unpaired) electrons.